The van der Waals surface area contributed by atoms with Gasteiger partial charge in [0.15, 0.2) is 0 Å². The van der Waals surface area contributed by atoms with Gasteiger partial charge in [0.2, 0.25) is 5.91 Å². The lowest BCUT2D eigenvalue weighted by Gasteiger charge is -2.19. The number of allylic oxidation sites excluding steroid dienone is 1. The number of halogens is 2. The molecule has 1 aromatic carbocycles. The average molecular weight is 410 g/mol. The molecule has 0 bridgehead atoms. The zero-order chi connectivity index (χ0) is 21.7. The van der Waals surface area contributed by atoms with Gasteiger partial charge in [-0.25, -0.2) is 8.78 Å². The van der Waals surface area contributed by atoms with E-state index >= 15 is 0 Å². The number of hydrogen-bond acceptors (Lipinski definition) is 4. The van der Waals surface area contributed by atoms with Crippen LogP contribution in [0.1, 0.15) is 34.8 Å². The molecule has 1 saturated heterocycles. The Balaban J connectivity index is 1.71. The Hall–Kier alpha value is -3.60. The predicted molar refractivity (Wildman–Crippen MR) is 107 cm³/mol. The highest BCUT2D eigenvalue weighted by atomic mass is 19.3. The molecule has 1 atom stereocenters. The maximum Gasteiger partial charge on any atom is 0.268 e. The van der Waals surface area contributed by atoms with Crippen molar-refractivity contribution in [1.82, 2.24) is 15.2 Å². The molecule has 2 amide bonds. The van der Waals surface area contributed by atoms with Gasteiger partial charge in [-0.3, -0.25) is 14.6 Å². The van der Waals surface area contributed by atoms with Crippen molar-refractivity contribution in [1.29, 1.82) is 5.26 Å². The normalized spacial score (nSPS) is 18.0. The first-order valence-corrected chi connectivity index (χ1v) is 9.33. The summed E-state index contributed by atoms with van der Waals surface area (Å²) < 4.78 is 27.0. The topological polar surface area (TPSA) is 86.1 Å². The van der Waals surface area contributed by atoms with E-state index in [1.54, 1.807) is 6.07 Å². The molecule has 6 nitrogen and oxygen atoms in total. The van der Waals surface area contributed by atoms with Crippen LogP contribution in [0.15, 0.2) is 48.8 Å². The number of amides is 2. The maximum atomic E-state index is 13.5. The van der Waals surface area contributed by atoms with Crippen LogP contribution in [0.3, 0.4) is 0 Å². The highest BCUT2D eigenvalue weighted by Gasteiger charge is 2.47. The molecule has 2 heterocycles. The van der Waals surface area contributed by atoms with Gasteiger partial charge in [-0.15, -0.1) is 0 Å². The lowest BCUT2D eigenvalue weighted by Crippen LogP contribution is -2.43. The van der Waals surface area contributed by atoms with Crippen LogP contribution in [-0.4, -0.2) is 46.8 Å². The molecule has 154 valence electrons. The van der Waals surface area contributed by atoms with E-state index in [0.29, 0.717) is 11.1 Å². The summed E-state index contributed by atoms with van der Waals surface area (Å²) in [5.74, 6) is -4.35. The van der Waals surface area contributed by atoms with Crippen molar-refractivity contribution in [3.8, 4) is 6.07 Å². The second-order valence-electron chi connectivity index (χ2n) is 7.07. The van der Waals surface area contributed by atoms with Gasteiger partial charge < -0.3 is 10.2 Å². The minimum Gasteiger partial charge on any atom is -0.343 e. The first-order chi connectivity index (χ1) is 14.3. The molecule has 1 N–H and O–H groups in total. The first-order valence-electron chi connectivity index (χ1n) is 9.33. The Morgan fingerprint density at radius 3 is 2.77 bits per heavy atom. The number of rotatable bonds is 5. The van der Waals surface area contributed by atoms with Crippen LogP contribution < -0.4 is 5.32 Å². The summed E-state index contributed by atoms with van der Waals surface area (Å²) in [4.78, 5) is 29.8. The van der Waals surface area contributed by atoms with Gasteiger partial charge in [-0.2, -0.15) is 5.26 Å². The Bertz CT molecular complexity index is 1020. The van der Waals surface area contributed by atoms with Crippen LogP contribution in [0.4, 0.5) is 8.78 Å². The van der Waals surface area contributed by atoms with Gasteiger partial charge in [0.1, 0.15) is 6.04 Å². The number of nitrogens with zero attached hydrogens (tertiary/aromatic N) is 3. The molecule has 1 aliphatic heterocycles. The summed E-state index contributed by atoms with van der Waals surface area (Å²) in [7, 11) is 0. The van der Waals surface area contributed by atoms with Crippen molar-refractivity contribution >= 4 is 23.5 Å². The first kappa shape index (κ1) is 21.1. The van der Waals surface area contributed by atoms with Gasteiger partial charge in [-0.1, -0.05) is 30.3 Å². The van der Waals surface area contributed by atoms with Gasteiger partial charge in [0.25, 0.3) is 11.8 Å². The van der Waals surface area contributed by atoms with E-state index in [4.69, 9.17) is 5.26 Å². The Labute approximate surface area is 172 Å². The number of benzene rings is 1. The third-order valence-corrected chi connectivity index (χ3v) is 4.84. The Morgan fingerprint density at radius 1 is 1.33 bits per heavy atom. The molecule has 3 rings (SSSR count). The van der Waals surface area contributed by atoms with E-state index in [-0.39, 0.29) is 0 Å². The van der Waals surface area contributed by atoms with Crippen molar-refractivity contribution < 1.29 is 18.4 Å². The highest BCUT2D eigenvalue weighted by Crippen LogP contribution is 2.31. The number of nitrogens with one attached hydrogen (secondary N) is 1. The van der Waals surface area contributed by atoms with Gasteiger partial charge in [0.05, 0.1) is 19.2 Å². The molecule has 0 unspecified atom stereocenters. The van der Waals surface area contributed by atoms with E-state index in [1.807, 2.05) is 43.3 Å². The second kappa shape index (κ2) is 8.82. The second-order valence-corrected chi connectivity index (χ2v) is 7.07. The van der Waals surface area contributed by atoms with Gasteiger partial charge >= 0.3 is 0 Å². The number of carbonyl (C=O) groups is 2. The van der Waals surface area contributed by atoms with Crippen molar-refractivity contribution in [2.24, 2.45) is 0 Å². The summed E-state index contributed by atoms with van der Waals surface area (Å²) >= 11 is 0. The van der Waals surface area contributed by atoms with Crippen LogP contribution in [-0.2, 0) is 4.79 Å². The van der Waals surface area contributed by atoms with Gasteiger partial charge in [-0.05, 0) is 30.2 Å². The largest absolute Gasteiger partial charge is 0.343 e. The standard InChI is InChI=1S/C22H20F2N4O2/c1-15(16-5-3-2-4-6-16)9-17-12-26-8-7-19(17)21(30)27-13-20(29)28-14-22(23,24)10-18(28)11-25/h2-9,12,18H,10,13-14H2,1H3,(H,27,30)/b15-9+/t18-/m0/s1. The summed E-state index contributed by atoms with van der Waals surface area (Å²) in [5, 5.41) is 11.5. The lowest BCUT2D eigenvalue weighted by atomic mass is 10.0. The lowest BCUT2D eigenvalue weighted by molar-refractivity contribution is -0.131. The summed E-state index contributed by atoms with van der Waals surface area (Å²) in [6.07, 6.45) is 4.11. The number of alkyl halides is 2. The fraction of sp³-hybridized carbons (Fsp3) is 0.273. The molecule has 0 aliphatic carbocycles. The average Bonchev–Trinajstić information content (AvgIpc) is 3.07. The summed E-state index contributed by atoms with van der Waals surface area (Å²) in [6, 6.07) is 11.6. The van der Waals surface area contributed by atoms with E-state index in [2.05, 4.69) is 10.3 Å². The van der Waals surface area contributed by atoms with Gasteiger partial charge in [0, 0.05) is 29.9 Å². The molecule has 0 radical (unpaired) electrons. The fourth-order valence-electron chi connectivity index (χ4n) is 3.29. The van der Waals surface area contributed by atoms with E-state index < -0.39 is 43.3 Å². The van der Waals surface area contributed by atoms with Crippen LogP contribution in [0.25, 0.3) is 11.6 Å². The molecule has 0 saturated carbocycles. The smallest absolute Gasteiger partial charge is 0.268 e. The van der Waals surface area contributed by atoms with E-state index in [0.717, 1.165) is 16.0 Å². The number of pyridine rings is 1. The maximum absolute atomic E-state index is 13.5. The van der Waals surface area contributed by atoms with Crippen LogP contribution in [0.2, 0.25) is 0 Å². The van der Waals surface area contributed by atoms with Crippen molar-refractivity contribution in [3.63, 3.8) is 0 Å². The fourth-order valence-corrected chi connectivity index (χ4v) is 3.29. The van der Waals surface area contributed by atoms with E-state index in [9.17, 15) is 18.4 Å². The van der Waals surface area contributed by atoms with Crippen molar-refractivity contribution in [2.45, 2.75) is 25.3 Å². The molecule has 0 spiro atoms. The number of carbonyl (C=O) groups excluding carboxylic acids is 2. The van der Waals surface area contributed by atoms with E-state index in [1.165, 1.54) is 18.5 Å². The van der Waals surface area contributed by atoms with Crippen molar-refractivity contribution in [3.05, 3.63) is 65.5 Å². The number of nitriles is 1. The molecule has 1 fully saturated rings. The molecule has 2 aromatic rings. The summed E-state index contributed by atoms with van der Waals surface area (Å²) in [5.41, 5.74) is 2.77. The number of hydrogen-bond donors (Lipinski definition) is 1. The monoisotopic (exact) mass is 410 g/mol. The molecule has 1 aromatic heterocycles. The number of aromatic nitrogens is 1. The van der Waals surface area contributed by atoms with Crippen molar-refractivity contribution in [2.75, 3.05) is 13.1 Å². The summed E-state index contributed by atoms with van der Waals surface area (Å²) in [6.45, 7) is 0.610. The molecular weight excluding hydrogens is 390 g/mol. The molecule has 8 heteroatoms. The molecular formula is C22H20F2N4O2. The van der Waals surface area contributed by atoms with Crippen LogP contribution in [0, 0.1) is 11.3 Å². The van der Waals surface area contributed by atoms with Crippen LogP contribution >= 0.6 is 0 Å². The minimum atomic E-state index is -3.10. The highest BCUT2D eigenvalue weighted by molar-refractivity contribution is 6.00. The molecule has 30 heavy (non-hydrogen) atoms. The molecule has 1 aliphatic rings. The Kier molecular flexibility index (Phi) is 6.21. The predicted octanol–water partition coefficient (Wildman–Crippen LogP) is 3.13. The quantitative estimate of drug-likeness (QED) is 0.821. The minimum absolute atomic E-state index is 0.302. The Morgan fingerprint density at radius 2 is 2.07 bits per heavy atom. The van der Waals surface area contributed by atoms with Crippen LogP contribution in [0.5, 0.6) is 0 Å². The third-order valence-electron chi connectivity index (χ3n) is 4.84. The third kappa shape index (κ3) is 4.87. The number of likely N-dealkylation sites (tertiary alicyclic amines) is 1. The zero-order valence-corrected chi connectivity index (χ0v) is 16.3. The zero-order valence-electron chi connectivity index (χ0n) is 16.3. The SMILES string of the molecule is C/C(=C\c1cnccc1C(=O)NCC(=O)N1CC(F)(F)C[C@H]1C#N)c1ccccc1.